The first-order valence-electron chi connectivity index (χ1n) is 11.6. The lowest BCUT2D eigenvalue weighted by atomic mass is 9.89. The molecule has 3 aromatic rings. The van der Waals surface area contributed by atoms with Crippen LogP contribution >= 0.6 is 11.6 Å². The standard InChI is InChI=1S/C26H26ClF2N5O2/c1-15-24(26(36)33-32-19-6-3-5-18(27)13-19)25(31-16(2)30-15)17-9-11-34(12-10-17)23(35)14-20-21(28)7-4-8-22(20)29/h3-8,13,17,32H,9-12,14H2,1-2H3,(H,33,36). The summed E-state index contributed by atoms with van der Waals surface area (Å²) in [5.41, 5.74) is 7.50. The maximum absolute atomic E-state index is 14.0. The highest BCUT2D eigenvalue weighted by atomic mass is 35.5. The van der Waals surface area contributed by atoms with E-state index >= 15 is 0 Å². The van der Waals surface area contributed by atoms with E-state index in [-0.39, 0.29) is 29.7 Å². The van der Waals surface area contributed by atoms with Crippen LogP contribution in [-0.2, 0) is 11.2 Å². The number of rotatable bonds is 6. The van der Waals surface area contributed by atoms with Crippen molar-refractivity contribution in [1.82, 2.24) is 20.3 Å². The third kappa shape index (κ3) is 5.79. The molecule has 0 spiro atoms. The van der Waals surface area contributed by atoms with Gasteiger partial charge < -0.3 is 4.90 Å². The summed E-state index contributed by atoms with van der Waals surface area (Å²) >= 11 is 6.00. The number of likely N-dealkylation sites (tertiary alicyclic amines) is 1. The van der Waals surface area contributed by atoms with Crippen molar-refractivity contribution in [2.24, 2.45) is 0 Å². The van der Waals surface area contributed by atoms with Crippen LogP contribution in [0.4, 0.5) is 14.5 Å². The number of amides is 2. The number of aromatic nitrogens is 2. The summed E-state index contributed by atoms with van der Waals surface area (Å²) in [5, 5.41) is 0.531. The van der Waals surface area contributed by atoms with Crippen LogP contribution < -0.4 is 10.9 Å². The molecule has 7 nitrogen and oxygen atoms in total. The van der Waals surface area contributed by atoms with E-state index in [0.717, 1.165) is 12.1 Å². The Morgan fingerprint density at radius 2 is 1.72 bits per heavy atom. The van der Waals surface area contributed by atoms with Crippen LogP contribution in [-0.4, -0.2) is 39.8 Å². The van der Waals surface area contributed by atoms with E-state index < -0.39 is 11.6 Å². The van der Waals surface area contributed by atoms with Crippen LogP contribution in [0.15, 0.2) is 42.5 Å². The summed E-state index contributed by atoms with van der Waals surface area (Å²) in [4.78, 5) is 36.4. The van der Waals surface area contributed by atoms with Gasteiger partial charge >= 0.3 is 0 Å². The molecule has 2 N–H and O–H groups in total. The van der Waals surface area contributed by atoms with Gasteiger partial charge in [0.25, 0.3) is 5.91 Å². The lowest BCUT2D eigenvalue weighted by Gasteiger charge is -2.32. The Labute approximate surface area is 212 Å². The van der Waals surface area contributed by atoms with E-state index in [2.05, 4.69) is 20.8 Å². The van der Waals surface area contributed by atoms with Gasteiger partial charge in [-0.1, -0.05) is 23.7 Å². The quantitative estimate of drug-likeness (QED) is 0.465. The van der Waals surface area contributed by atoms with Gasteiger partial charge in [0.1, 0.15) is 17.5 Å². The van der Waals surface area contributed by atoms with Crippen LogP contribution in [0, 0.1) is 25.5 Å². The van der Waals surface area contributed by atoms with Crippen molar-refractivity contribution >= 4 is 29.1 Å². The molecular formula is C26H26ClF2N5O2. The van der Waals surface area contributed by atoms with Crippen molar-refractivity contribution in [3.05, 3.63) is 87.5 Å². The Balaban J connectivity index is 1.45. The van der Waals surface area contributed by atoms with Gasteiger partial charge in [0, 0.05) is 29.6 Å². The van der Waals surface area contributed by atoms with Gasteiger partial charge in [0.05, 0.1) is 29.1 Å². The maximum Gasteiger partial charge on any atom is 0.273 e. The number of hydrogen-bond donors (Lipinski definition) is 2. The number of benzene rings is 2. The van der Waals surface area contributed by atoms with Crippen molar-refractivity contribution in [3.63, 3.8) is 0 Å². The summed E-state index contributed by atoms with van der Waals surface area (Å²) in [5.74, 6) is -1.70. The van der Waals surface area contributed by atoms with Crippen molar-refractivity contribution in [2.75, 3.05) is 18.5 Å². The Kier molecular flexibility index (Phi) is 7.79. The molecule has 10 heteroatoms. The second-order valence-corrected chi connectivity index (χ2v) is 9.17. The number of aryl methyl sites for hydroxylation is 2. The Hall–Kier alpha value is -3.59. The van der Waals surface area contributed by atoms with Gasteiger partial charge in [0.2, 0.25) is 5.91 Å². The third-order valence-corrected chi connectivity index (χ3v) is 6.46. The van der Waals surface area contributed by atoms with E-state index in [0.29, 0.717) is 59.4 Å². The van der Waals surface area contributed by atoms with Gasteiger partial charge in [-0.05, 0) is 57.0 Å². The predicted octanol–water partition coefficient (Wildman–Crippen LogP) is 4.73. The number of hydrogen-bond acceptors (Lipinski definition) is 5. The van der Waals surface area contributed by atoms with Crippen LogP contribution in [0.25, 0.3) is 0 Å². The highest BCUT2D eigenvalue weighted by Gasteiger charge is 2.30. The fraction of sp³-hybridized carbons (Fsp3) is 0.308. The molecule has 2 amide bonds. The predicted molar refractivity (Wildman–Crippen MR) is 133 cm³/mol. The van der Waals surface area contributed by atoms with Gasteiger partial charge in [-0.25, -0.2) is 18.7 Å². The second-order valence-electron chi connectivity index (χ2n) is 8.74. The summed E-state index contributed by atoms with van der Waals surface area (Å²) < 4.78 is 27.9. The van der Waals surface area contributed by atoms with Crippen LogP contribution in [0.5, 0.6) is 0 Å². The van der Waals surface area contributed by atoms with Crippen LogP contribution in [0.3, 0.4) is 0 Å². The number of carbonyl (C=O) groups excluding carboxylic acids is 2. The number of nitrogens with one attached hydrogen (secondary N) is 2. The van der Waals surface area contributed by atoms with E-state index in [1.54, 1.807) is 43.0 Å². The highest BCUT2D eigenvalue weighted by molar-refractivity contribution is 6.30. The van der Waals surface area contributed by atoms with Crippen molar-refractivity contribution < 1.29 is 18.4 Å². The number of hydrazine groups is 1. The minimum Gasteiger partial charge on any atom is -0.342 e. The highest BCUT2D eigenvalue weighted by Crippen LogP contribution is 2.31. The van der Waals surface area contributed by atoms with E-state index in [9.17, 15) is 18.4 Å². The van der Waals surface area contributed by atoms with Crippen LogP contribution in [0.1, 0.15) is 51.9 Å². The summed E-state index contributed by atoms with van der Waals surface area (Å²) in [6.07, 6.45) is 0.782. The zero-order valence-corrected chi connectivity index (χ0v) is 20.7. The molecule has 0 bridgehead atoms. The van der Waals surface area contributed by atoms with Crippen molar-refractivity contribution in [3.8, 4) is 0 Å². The first-order chi connectivity index (χ1) is 17.2. The van der Waals surface area contributed by atoms with Crippen molar-refractivity contribution in [2.45, 2.75) is 39.0 Å². The third-order valence-electron chi connectivity index (χ3n) is 6.23. The minimum absolute atomic E-state index is 0.0773. The average Bonchev–Trinajstić information content (AvgIpc) is 2.84. The number of nitrogens with zero attached hydrogens (tertiary/aromatic N) is 3. The SMILES string of the molecule is Cc1nc(C)c(C(=O)NNc2cccc(Cl)c2)c(C2CCN(C(=O)Cc3c(F)cccc3F)CC2)n1. The van der Waals surface area contributed by atoms with Gasteiger partial charge in [-0.3, -0.25) is 20.4 Å². The Morgan fingerprint density at radius 3 is 2.39 bits per heavy atom. The largest absolute Gasteiger partial charge is 0.342 e. The van der Waals surface area contributed by atoms with Crippen LogP contribution in [0.2, 0.25) is 5.02 Å². The molecule has 0 unspecified atom stereocenters. The van der Waals surface area contributed by atoms with E-state index in [1.165, 1.54) is 6.07 Å². The fourth-order valence-electron chi connectivity index (χ4n) is 4.44. The minimum atomic E-state index is -0.729. The second kappa shape index (κ2) is 11.0. The van der Waals surface area contributed by atoms with Gasteiger partial charge in [-0.15, -0.1) is 0 Å². The molecular weight excluding hydrogens is 488 g/mol. The molecule has 4 rings (SSSR count). The molecule has 2 heterocycles. The molecule has 0 saturated carbocycles. The summed E-state index contributed by atoms with van der Waals surface area (Å²) in [7, 11) is 0. The molecule has 0 aliphatic carbocycles. The molecule has 1 fully saturated rings. The van der Waals surface area contributed by atoms with E-state index in [4.69, 9.17) is 11.6 Å². The van der Waals surface area contributed by atoms with E-state index in [1.807, 2.05) is 0 Å². The molecule has 1 aliphatic heterocycles. The molecule has 0 radical (unpaired) electrons. The zero-order valence-electron chi connectivity index (χ0n) is 19.9. The summed E-state index contributed by atoms with van der Waals surface area (Å²) in [6, 6.07) is 10.5. The Morgan fingerprint density at radius 1 is 1.06 bits per heavy atom. The summed E-state index contributed by atoms with van der Waals surface area (Å²) in [6.45, 7) is 4.31. The average molecular weight is 514 g/mol. The van der Waals surface area contributed by atoms with Crippen molar-refractivity contribution in [1.29, 1.82) is 0 Å². The first kappa shape index (κ1) is 25.5. The number of carbonyl (C=O) groups is 2. The molecule has 1 saturated heterocycles. The first-order valence-corrected chi connectivity index (χ1v) is 12.0. The molecule has 2 aromatic carbocycles. The molecule has 0 atom stereocenters. The molecule has 1 aromatic heterocycles. The lowest BCUT2D eigenvalue weighted by molar-refractivity contribution is -0.131. The maximum atomic E-state index is 14.0. The molecule has 188 valence electrons. The number of anilines is 1. The monoisotopic (exact) mass is 513 g/mol. The van der Waals surface area contributed by atoms with Gasteiger partial charge in [0.15, 0.2) is 0 Å². The topological polar surface area (TPSA) is 87.2 Å². The lowest BCUT2D eigenvalue weighted by Crippen LogP contribution is -2.40. The molecule has 1 aliphatic rings. The fourth-order valence-corrected chi connectivity index (χ4v) is 4.63. The smallest absolute Gasteiger partial charge is 0.273 e. The number of piperidine rings is 1. The zero-order chi connectivity index (χ0) is 25.8. The molecule has 36 heavy (non-hydrogen) atoms. The normalized spacial score (nSPS) is 14.0. The Bertz CT molecular complexity index is 1280. The number of halogens is 3. The van der Waals surface area contributed by atoms with Gasteiger partial charge in [-0.2, -0.15) is 0 Å².